The van der Waals surface area contributed by atoms with Gasteiger partial charge in [0.25, 0.3) is 0 Å². The summed E-state index contributed by atoms with van der Waals surface area (Å²) in [5.74, 6) is 0.503. The van der Waals surface area contributed by atoms with Gasteiger partial charge < -0.3 is 15.8 Å². The van der Waals surface area contributed by atoms with E-state index in [0.717, 1.165) is 0 Å². The lowest BCUT2D eigenvalue weighted by atomic mass is 10.1. The second-order valence-electron chi connectivity index (χ2n) is 3.65. The van der Waals surface area contributed by atoms with Gasteiger partial charge in [0.15, 0.2) is 0 Å². The zero-order chi connectivity index (χ0) is 12.0. The molecule has 1 aromatic rings. The number of ether oxygens (including phenoxy) is 1. The lowest BCUT2D eigenvalue weighted by Gasteiger charge is -2.10. The molecule has 16 heavy (non-hydrogen) atoms. The number of nitrogens with zero attached hydrogens (tertiary/aromatic N) is 1. The summed E-state index contributed by atoms with van der Waals surface area (Å²) < 4.78 is 5.03. The summed E-state index contributed by atoms with van der Waals surface area (Å²) in [4.78, 5) is 15.6. The number of nitrogens with two attached hydrogens (primary N) is 1. The van der Waals surface area contributed by atoms with Crippen LogP contribution in [0, 0.1) is 5.92 Å². The van der Waals surface area contributed by atoms with Crippen molar-refractivity contribution in [2.75, 3.05) is 19.0 Å². The number of hydrogen-bond donors (Lipinski definition) is 2. The van der Waals surface area contributed by atoms with Crippen LogP contribution in [-0.2, 0) is 4.79 Å². The van der Waals surface area contributed by atoms with Gasteiger partial charge in [-0.25, -0.2) is 4.98 Å². The Morgan fingerprint density at radius 2 is 2.44 bits per heavy atom. The second-order valence-corrected chi connectivity index (χ2v) is 3.65. The number of carbonyl (C=O) groups excluding carboxylic acids is 1. The van der Waals surface area contributed by atoms with Crippen LogP contribution in [0.25, 0.3) is 0 Å². The van der Waals surface area contributed by atoms with E-state index in [2.05, 4.69) is 10.3 Å². The Bertz CT molecular complexity index is 355. The lowest BCUT2D eigenvalue weighted by Crippen LogP contribution is -2.20. The van der Waals surface area contributed by atoms with Gasteiger partial charge in [0, 0.05) is 12.6 Å². The fraction of sp³-hybridized carbons (Fsp3) is 0.455. The number of nitrogens with one attached hydrogen (secondary N) is 1. The van der Waals surface area contributed by atoms with E-state index >= 15 is 0 Å². The molecule has 0 saturated heterocycles. The van der Waals surface area contributed by atoms with Gasteiger partial charge in [0.05, 0.1) is 7.11 Å². The molecular formula is C11H17N3O2. The summed E-state index contributed by atoms with van der Waals surface area (Å²) in [6, 6.07) is 3.49. The molecule has 1 atom stereocenters. The van der Waals surface area contributed by atoms with E-state index < -0.39 is 0 Å². The van der Waals surface area contributed by atoms with Gasteiger partial charge in [-0.1, -0.05) is 6.92 Å². The van der Waals surface area contributed by atoms with E-state index in [1.165, 1.54) is 7.11 Å². The predicted octanol–water partition coefficient (Wildman–Crippen LogP) is 1.01. The minimum Gasteiger partial charge on any atom is -0.480 e. The van der Waals surface area contributed by atoms with Crippen molar-refractivity contribution in [3.05, 3.63) is 18.3 Å². The standard InChI is InChI=1S/C11H17N3O2/c1-8(7-12)6-10(15)14-9-4-3-5-13-11(9)16-2/h3-5,8H,6-7,12H2,1-2H3,(H,14,15). The maximum absolute atomic E-state index is 11.6. The van der Waals surface area contributed by atoms with E-state index in [1.54, 1.807) is 18.3 Å². The minimum absolute atomic E-state index is 0.0794. The molecule has 0 aliphatic heterocycles. The Kier molecular flexibility index (Phi) is 4.72. The summed E-state index contributed by atoms with van der Waals surface area (Å²) in [5.41, 5.74) is 6.04. The van der Waals surface area contributed by atoms with Gasteiger partial charge in [0.2, 0.25) is 11.8 Å². The first kappa shape index (κ1) is 12.4. The molecule has 1 unspecified atom stereocenters. The molecule has 5 nitrogen and oxygen atoms in total. The Hall–Kier alpha value is -1.62. The molecule has 0 radical (unpaired) electrons. The van der Waals surface area contributed by atoms with Crippen LogP contribution in [-0.4, -0.2) is 24.5 Å². The summed E-state index contributed by atoms with van der Waals surface area (Å²) in [6.45, 7) is 2.43. The molecule has 0 fully saturated rings. The summed E-state index contributed by atoms with van der Waals surface area (Å²) in [6.07, 6.45) is 2.01. The van der Waals surface area contributed by atoms with Gasteiger partial charge in [0.1, 0.15) is 5.69 Å². The lowest BCUT2D eigenvalue weighted by molar-refractivity contribution is -0.116. The molecule has 1 heterocycles. The first-order valence-electron chi connectivity index (χ1n) is 5.16. The zero-order valence-electron chi connectivity index (χ0n) is 9.56. The van der Waals surface area contributed by atoms with Crippen LogP contribution in [0.2, 0.25) is 0 Å². The van der Waals surface area contributed by atoms with Crippen molar-refractivity contribution in [1.82, 2.24) is 4.98 Å². The fourth-order valence-corrected chi connectivity index (χ4v) is 1.25. The number of aromatic nitrogens is 1. The maximum Gasteiger partial charge on any atom is 0.237 e. The van der Waals surface area contributed by atoms with Gasteiger partial charge in [-0.05, 0) is 24.6 Å². The van der Waals surface area contributed by atoms with E-state index in [1.807, 2.05) is 6.92 Å². The van der Waals surface area contributed by atoms with E-state index in [-0.39, 0.29) is 11.8 Å². The average molecular weight is 223 g/mol. The highest BCUT2D eigenvalue weighted by Crippen LogP contribution is 2.20. The van der Waals surface area contributed by atoms with Crippen LogP contribution in [0.5, 0.6) is 5.88 Å². The third-order valence-electron chi connectivity index (χ3n) is 2.17. The topological polar surface area (TPSA) is 77.2 Å². The monoisotopic (exact) mass is 223 g/mol. The molecule has 0 aromatic carbocycles. The zero-order valence-corrected chi connectivity index (χ0v) is 9.56. The van der Waals surface area contributed by atoms with Gasteiger partial charge in [-0.2, -0.15) is 0 Å². The van der Waals surface area contributed by atoms with Gasteiger partial charge >= 0.3 is 0 Å². The molecule has 88 valence electrons. The summed E-state index contributed by atoms with van der Waals surface area (Å²) in [5, 5.41) is 2.74. The molecule has 0 spiro atoms. The number of pyridine rings is 1. The van der Waals surface area contributed by atoms with E-state index in [4.69, 9.17) is 10.5 Å². The maximum atomic E-state index is 11.6. The first-order valence-corrected chi connectivity index (χ1v) is 5.16. The minimum atomic E-state index is -0.0794. The van der Waals surface area contributed by atoms with Crippen LogP contribution in [0.1, 0.15) is 13.3 Å². The normalized spacial score (nSPS) is 11.9. The summed E-state index contributed by atoms with van der Waals surface area (Å²) in [7, 11) is 1.51. The van der Waals surface area contributed by atoms with Crippen molar-refractivity contribution < 1.29 is 9.53 Å². The van der Waals surface area contributed by atoms with Crippen molar-refractivity contribution in [2.24, 2.45) is 11.7 Å². The van der Waals surface area contributed by atoms with Crippen molar-refractivity contribution in [1.29, 1.82) is 0 Å². The van der Waals surface area contributed by atoms with E-state index in [0.29, 0.717) is 24.5 Å². The number of hydrogen-bond acceptors (Lipinski definition) is 4. The quantitative estimate of drug-likeness (QED) is 0.781. The third-order valence-corrected chi connectivity index (χ3v) is 2.17. The van der Waals surface area contributed by atoms with Crippen molar-refractivity contribution in [2.45, 2.75) is 13.3 Å². The molecule has 0 saturated carbocycles. The summed E-state index contributed by atoms with van der Waals surface area (Å²) >= 11 is 0. The van der Waals surface area contributed by atoms with Crippen molar-refractivity contribution in [3.63, 3.8) is 0 Å². The number of carbonyl (C=O) groups is 1. The van der Waals surface area contributed by atoms with Crippen molar-refractivity contribution in [3.8, 4) is 5.88 Å². The SMILES string of the molecule is COc1ncccc1NC(=O)CC(C)CN. The molecule has 5 heteroatoms. The highest BCUT2D eigenvalue weighted by atomic mass is 16.5. The largest absolute Gasteiger partial charge is 0.480 e. The molecule has 0 aliphatic rings. The molecule has 3 N–H and O–H groups in total. The number of methoxy groups -OCH3 is 1. The molecule has 1 aromatic heterocycles. The van der Waals surface area contributed by atoms with Gasteiger partial charge in [-0.3, -0.25) is 4.79 Å². The Morgan fingerprint density at radius 1 is 1.69 bits per heavy atom. The first-order chi connectivity index (χ1) is 7.67. The van der Waals surface area contributed by atoms with E-state index in [9.17, 15) is 4.79 Å². The van der Waals surface area contributed by atoms with Crippen LogP contribution in [0.3, 0.4) is 0 Å². The second kappa shape index (κ2) is 6.07. The Balaban J connectivity index is 2.62. The molecule has 1 amide bonds. The smallest absolute Gasteiger partial charge is 0.237 e. The number of rotatable bonds is 5. The molecule has 0 aliphatic carbocycles. The Labute approximate surface area is 95.0 Å². The Morgan fingerprint density at radius 3 is 3.06 bits per heavy atom. The highest BCUT2D eigenvalue weighted by molar-refractivity contribution is 5.91. The fourth-order valence-electron chi connectivity index (χ4n) is 1.25. The third kappa shape index (κ3) is 3.51. The highest BCUT2D eigenvalue weighted by Gasteiger charge is 2.10. The molecular weight excluding hydrogens is 206 g/mol. The van der Waals surface area contributed by atoms with Gasteiger partial charge in [-0.15, -0.1) is 0 Å². The molecule has 1 rings (SSSR count). The van der Waals surface area contributed by atoms with Crippen molar-refractivity contribution >= 4 is 11.6 Å². The van der Waals surface area contributed by atoms with Crippen LogP contribution < -0.4 is 15.8 Å². The van der Waals surface area contributed by atoms with Crippen LogP contribution in [0.15, 0.2) is 18.3 Å². The average Bonchev–Trinajstić information content (AvgIpc) is 2.29. The predicted molar refractivity (Wildman–Crippen MR) is 62.3 cm³/mol. The van der Waals surface area contributed by atoms with Crippen LogP contribution >= 0.6 is 0 Å². The number of anilines is 1. The number of amides is 1. The molecule has 0 bridgehead atoms. The van der Waals surface area contributed by atoms with Crippen LogP contribution in [0.4, 0.5) is 5.69 Å².